The van der Waals surface area contributed by atoms with Crippen LogP contribution in [0.3, 0.4) is 0 Å². The van der Waals surface area contributed by atoms with Crippen LogP contribution in [0.25, 0.3) is 0 Å². The Labute approximate surface area is 164 Å². The van der Waals surface area contributed by atoms with E-state index >= 15 is 0 Å². The summed E-state index contributed by atoms with van der Waals surface area (Å²) in [7, 11) is 1.59. The fraction of sp³-hybridized carbons (Fsp3) is 0.591. The number of nitrogens with zero attached hydrogens (tertiary/aromatic N) is 1. The number of benzene rings is 1. The van der Waals surface area contributed by atoms with Crippen LogP contribution in [0.1, 0.15) is 50.7 Å². The van der Waals surface area contributed by atoms with Gasteiger partial charge in [0.05, 0.1) is 12.3 Å². The van der Waals surface area contributed by atoms with E-state index in [1.54, 1.807) is 7.11 Å². The van der Waals surface area contributed by atoms with E-state index in [1.165, 1.54) is 0 Å². The molecule has 0 spiro atoms. The van der Waals surface area contributed by atoms with Crippen molar-refractivity contribution in [2.75, 3.05) is 33.4 Å². The van der Waals surface area contributed by atoms with Gasteiger partial charge in [-0.05, 0) is 76.3 Å². The third-order valence-corrected chi connectivity index (χ3v) is 4.22. The Morgan fingerprint density at radius 3 is 2.48 bits per heavy atom. The molecule has 0 unspecified atom stereocenters. The average molecular weight is 377 g/mol. The first-order chi connectivity index (χ1) is 13.1. The first-order valence-electron chi connectivity index (χ1n) is 9.89. The summed E-state index contributed by atoms with van der Waals surface area (Å²) in [6.45, 7) is 11.3. The van der Waals surface area contributed by atoms with E-state index in [4.69, 9.17) is 14.3 Å². The second kappa shape index (κ2) is 14.1. The molecule has 1 N–H and O–H groups in total. The van der Waals surface area contributed by atoms with Crippen molar-refractivity contribution in [3.63, 3.8) is 0 Å². The van der Waals surface area contributed by atoms with Gasteiger partial charge < -0.3 is 19.6 Å². The monoisotopic (exact) mass is 376 g/mol. The van der Waals surface area contributed by atoms with Gasteiger partial charge >= 0.3 is 0 Å². The van der Waals surface area contributed by atoms with E-state index in [0.29, 0.717) is 6.61 Å². The Morgan fingerprint density at radius 2 is 1.85 bits per heavy atom. The lowest BCUT2D eigenvalue weighted by molar-refractivity contribution is 0.212. The molecule has 0 amide bonds. The molecule has 0 aliphatic rings. The molecule has 0 atom stereocenters. The highest BCUT2D eigenvalue weighted by Gasteiger charge is 2.07. The first-order valence-corrected chi connectivity index (χ1v) is 9.89. The average Bonchev–Trinajstić information content (AvgIpc) is 2.65. The van der Waals surface area contributed by atoms with Crippen molar-refractivity contribution in [2.24, 2.45) is 5.16 Å². The smallest absolute Gasteiger partial charge is 0.125 e. The number of allylic oxidation sites excluding steroid dienone is 1. The number of nitrogens with one attached hydrogen (secondary N) is 1. The molecule has 0 bridgehead atoms. The molecule has 0 saturated carbocycles. The third-order valence-electron chi connectivity index (χ3n) is 4.22. The highest BCUT2D eigenvalue weighted by atomic mass is 16.6. The van der Waals surface area contributed by atoms with Crippen LogP contribution >= 0.6 is 0 Å². The van der Waals surface area contributed by atoms with Gasteiger partial charge in [0.2, 0.25) is 0 Å². The third kappa shape index (κ3) is 9.48. The highest BCUT2D eigenvalue weighted by molar-refractivity contribution is 5.85. The number of rotatable bonds is 14. The van der Waals surface area contributed by atoms with Crippen LogP contribution in [-0.4, -0.2) is 39.1 Å². The van der Waals surface area contributed by atoms with E-state index in [0.717, 1.165) is 73.7 Å². The zero-order valence-corrected chi connectivity index (χ0v) is 17.6. The molecule has 1 rings (SSSR count). The first kappa shape index (κ1) is 23.0. The lowest BCUT2D eigenvalue weighted by atomic mass is 10.1. The number of ether oxygens (including phenoxy) is 2. The maximum atomic E-state index is 6.02. The topological polar surface area (TPSA) is 52.1 Å². The van der Waals surface area contributed by atoms with E-state index in [-0.39, 0.29) is 0 Å². The van der Waals surface area contributed by atoms with Gasteiger partial charge in [-0.25, -0.2) is 0 Å². The summed E-state index contributed by atoms with van der Waals surface area (Å²) in [5, 5.41) is 7.39. The van der Waals surface area contributed by atoms with Gasteiger partial charge in [-0.3, -0.25) is 0 Å². The Morgan fingerprint density at radius 1 is 1.11 bits per heavy atom. The lowest BCUT2D eigenvalue weighted by Crippen LogP contribution is -2.23. The molecular weight excluding hydrogens is 340 g/mol. The molecule has 0 aromatic heterocycles. The number of aryl methyl sites for hydroxylation is 2. The quantitative estimate of drug-likeness (QED) is 0.219. The SMILES string of the molecule is C/C=C/COc1cc(C)c(OCCCCCNCC(CC)=NOC)c(C)c1. The molecule has 0 aliphatic carbocycles. The predicted octanol–water partition coefficient (Wildman–Crippen LogP) is 4.81. The van der Waals surface area contributed by atoms with Gasteiger partial charge in [-0.1, -0.05) is 24.2 Å². The molecule has 0 heterocycles. The molecule has 5 nitrogen and oxygen atoms in total. The van der Waals surface area contributed by atoms with Crippen LogP contribution < -0.4 is 14.8 Å². The molecule has 5 heteroatoms. The summed E-state index contributed by atoms with van der Waals surface area (Å²) in [5.41, 5.74) is 3.29. The minimum Gasteiger partial charge on any atom is -0.493 e. The van der Waals surface area contributed by atoms with Crippen molar-refractivity contribution >= 4 is 5.71 Å². The fourth-order valence-electron chi connectivity index (χ4n) is 2.75. The van der Waals surface area contributed by atoms with Crippen molar-refractivity contribution < 1.29 is 14.3 Å². The van der Waals surface area contributed by atoms with Crippen LogP contribution in [0.15, 0.2) is 29.4 Å². The number of hydrogen-bond acceptors (Lipinski definition) is 5. The van der Waals surface area contributed by atoms with Crippen LogP contribution in [0.4, 0.5) is 0 Å². The Balaban J connectivity index is 2.25. The van der Waals surface area contributed by atoms with E-state index in [2.05, 4.69) is 31.2 Å². The van der Waals surface area contributed by atoms with Crippen LogP contribution in [0, 0.1) is 13.8 Å². The Bertz CT molecular complexity index is 574. The number of unbranched alkanes of at least 4 members (excludes halogenated alkanes) is 2. The van der Waals surface area contributed by atoms with Crippen molar-refractivity contribution in [1.29, 1.82) is 0 Å². The summed E-state index contributed by atoms with van der Waals surface area (Å²) in [4.78, 5) is 4.82. The van der Waals surface area contributed by atoms with Crippen LogP contribution in [0.5, 0.6) is 11.5 Å². The minimum atomic E-state index is 0.598. The zero-order chi connectivity index (χ0) is 19.9. The largest absolute Gasteiger partial charge is 0.493 e. The van der Waals surface area contributed by atoms with Crippen molar-refractivity contribution in [3.8, 4) is 11.5 Å². The fourth-order valence-corrected chi connectivity index (χ4v) is 2.75. The Hall–Kier alpha value is -2.01. The normalized spacial score (nSPS) is 11.8. The molecule has 1 aromatic rings. The number of oxime groups is 1. The highest BCUT2D eigenvalue weighted by Crippen LogP contribution is 2.28. The molecule has 27 heavy (non-hydrogen) atoms. The minimum absolute atomic E-state index is 0.598. The predicted molar refractivity (Wildman–Crippen MR) is 113 cm³/mol. The van der Waals surface area contributed by atoms with Gasteiger partial charge in [0.15, 0.2) is 0 Å². The van der Waals surface area contributed by atoms with E-state index in [9.17, 15) is 0 Å². The standard InChI is InChI=1S/C22H36N2O3/c1-6-8-13-26-21-15-18(3)22(19(4)16-21)27-14-11-9-10-12-23-17-20(7-2)24-25-5/h6,8,15-16,23H,7,9-14,17H2,1-5H3/b8-6+,24-20?. The van der Waals surface area contributed by atoms with Crippen molar-refractivity contribution in [2.45, 2.75) is 53.4 Å². The second-order valence-corrected chi connectivity index (χ2v) is 6.55. The Kier molecular flexibility index (Phi) is 12.0. The van der Waals surface area contributed by atoms with Crippen molar-refractivity contribution in [1.82, 2.24) is 5.32 Å². The molecule has 0 fully saturated rings. The molecule has 0 radical (unpaired) electrons. The zero-order valence-electron chi connectivity index (χ0n) is 17.6. The second-order valence-electron chi connectivity index (χ2n) is 6.55. The summed E-state index contributed by atoms with van der Waals surface area (Å²) in [6.07, 6.45) is 8.21. The van der Waals surface area contributed by atoms with Crippen LogP contribution in [-0.2, 0) is 4.84 Å². The molecule has 1 aromatic carbocycles. The number of hydrogen-bond donors (Lipinski definition) is 1. The summed E-state index contributed by atoms with van der Waals surface area (Å²) in [6, 6.07) is 4.09. The van der Waals surface area contributed by atoms with E-state index in [1.807, 2.05) is 31.2 Å². The van der Waals surface area contributed by atoms with Crippen LogP contribution in [0.2, 0.25) is 0 Å². The summed E-state index contributed by atoms with van der Waals surface area (Å²) in [5.74, 6) is 1.87. The summed E-state index contributed by atoms with van der Waals surface area (Å²) < 4.78 is 11.7. The molecule has 152 valence electrons. The van der Waals surface area contributed by atoms with E-state index < -0.39 is 0 Å². The lowest BCUT2D eigenvalue weighted by Gasteiger charge is -2.14. The molecular formula is C22H36N2O3. The van der Waals surface area contributed by atoms with Gasteiger partial charge in [-0.15, -0.1) is 0 Å². The molecule has 0 saturated heterocycles. The van der Waals surface area contributed by atoms with Gasteiger partial charge in [0, 0.05) is 6.54 Å². The van der Waals surface area contributed by atoms with Gasteiger partial charge in [0.1, 0.15) is 25.2 Å². The van der Waals surface area contributed by atoms with Crippen molar-refractivity contribution in [3.05, 3.63) is 35.4 Å². The summed E-state index contributed by atoms with van der Waals surface area (Å²) >= 11 is 0. The maximum Gasteiger partial charge on any atom is 0.125 e. The maximum absolute atomic E-state index is 6.02. The van der Waals surface area contributed by atoms with Gasteiger partial charge in [-0.2, -0.15) is 0 Å². The molecule has 0 aliphatic heterocycles. The van der Waals surface area contributed by atoms with Gasteiger partial charge in [0.25, 0.3) is 0 Å².